The van der Waals surface area contributed by atoms with Crippen molar-refractivity contribution in [1.29, 1.82) is 0 Å². The van der Waals surface area contributed by atoms with E-state index in [2.05, 4.69) is 17.5 Å². The van der Waals surface area contributed by atoms with Gasteiger partial charge in [0.05, 0.1) is 23.6 Å². The summed E-state index contributed by atoms with van der Waals surface area (Å²) >= 11 is 6.43. The number of halogens is 1. The first-order valence-electron chi connectivity index (χ1n) is 8.73. The number of ether oxygens (including phenoxy) is 1. The van der Waals surface area contributed by atoms with Crippen LogP contribution in [0, 0.1) is 16.0 Å². The molecule has 0 bridgehead atoms. The number of hydrogen-bond donors (Lipinski definition) is 1. The van der Waals surface area contributed by atoms with Crippen LogP contribution in [0.4, 0.5) is 11.4 Å². The van der Waals surface area contributed by atoms with Gasteiger partial charge >= 0.3 is 0 Å². The summed E-state index contributed by atoms with van der Waals surface area (Å²) in [7, 11) is 0. The van der Waals surface area contributed by atoms with Crippen molar-refractivity contribution in [3.63, 3.8) is 0 Å². The highest BCUT2D eigenvalue weighted by atomic mass is 35.5. The molecular weight excluding hydrogens is 352 g/mol. The molecule has 1 heterocycles. The van der Waals surface area contributed by atoms with Crippen molar-refractivity contribution in [2.24, 2.45) is 5.92 Å². The van der Waals surface area contributed by atoms with Crippen LogP contribution in [0.5, 0.6) is 5.75 Å². The molecule has 5 nitrogen and oxygen atoms in total. The van der Waals surface area contributed by atoms with Gasteiger partial charge in [-0.3, -0.25) is 10.1 Å². The van der Waals surface area contributed by atoms with E-state index >= 15 is 0 Å². The number of benzene rings is 2. The Morgan fingerprint density at radius 1 is 1.31 bits per heavy atom. The van der Waals surface area contributed by atoms with Crippen LogP contribution in [-0.4, -0.2) is 11.5 Å². The summed E-state index contributed by atoms with van der Waals surface area (Å²) in [6, 6.07) is 11.0. The van der Waals surface area contributed by atoms with Crippen LogP contribution in [0.25, 0.3) is 0 Å². The fraction of sp³-hybridized carbons (Fsp3) is 0.300. The summed E-state index contributed by atoms with van der Waals surface area (Å²) in [5.41, 5.74) is 2.50. The molecule has 0 amide bonds. The zero-order valence-electron chi connectivity index (χ0n) is 14.3. The van der Waals surface area contributed by atoms with E-state index in [4.69, 9.17) is 16.3 Å². The van der Waals surface area contributed by atoms with E-state index in [1.165, 1.54) is 6.07 Å². The molecule has 0 fully saturated rings. The fourth-order valence-electron chi connectivity index (χ4n) is 4.08. The van der Waals surface area contributed by atoms with Gasteiger partial charge in [-0.2, -0.15) is 0 Å². The second kappa shape index (κ2) is 6.65. The lowest BCUT2D eigenvalue weighted by molar-refractivity contribution is -0.384. The Morgan fingerprint density at radius 2 is 2.12 bits per heavy atom. The minimum Gasteiger partial charge on any atom is -0.494 e. The zero-order chi connectivity index (χ0) is 18.3. The molecule has 2 aromatic rings. The van der Waals surface area contributed by atoms with E-state index in [0.717, 1.165) is 17.5 Å². The SMILES string of the molecule is CCOc1cc2c(c([N+](=O)[O-])c1)NC(c1ccccc1Cl)C1CC=CC21. The molecule has 0 saturated carbocycles. The van der Waals surface area contributed by atoms with Gasteiger partial charge in [0, 0.05) is 10.9 Å². The van der Waals surface area contributed by atoms with Crippen LogP contribution >= 0.6 is 11.6 Å². The zero-order valence-corrected chi connectivity index (χ0v) is 15.1. The first-order valence-corrected chi connectivity index (χ1v) is 9.10. The number of nitro benzene ring substituents is 1. The lowest BCUT2D eigenvalue weighted by atomic mass is 9.76. The van der Waals surface area contributed by atoms with E-state index in [1.54, 1.807) is 0 Å². The van der Waals surface area contributed by atoms with Crippen LogP contribution < -0.4 is 10.1 Å². The average molecular weight is 371 g/mol. The quantitative estimate of drug-likeness (QED) is 0.440. The smallest absolute Gasteiger partial charge is 0.296 e. The maximum atomic E-state index is 11.7. The fourth-order valence-corrected chi connectivity index (χ4v) is 4.34. The van der Waals surface area contributed by atoms with E-state index in [9.17, 15) is 10.1 Å². The summed E-state index contributed by atoms with van der Waals surface area (Å²) in [6.45, 7) is 2.34. The summed E-state index contributed by atoms with van der Waals surface area (Å²) in [4.78, 5) is 11.3. The van der Waals surface area contributed by atoms with E-state index in [0.29, 0.717) is 23.1 Å². The Hall–Kier alpha value is -2.53. The minimum absolute atomic E-state index is 0.0433. The van der Waals surface area contributed by atoms with Gasteiger partial charge in [-0.1, -0.05) is 42.0 Å². The number of nitrogens with one attached hydrogen (secondary N) is 1. The van der Waals surface area contributed by atoms with Crippen molar-refractivity contribution in [2.75, 3.05) is 11.9 Å². The molecule has 2 aliphatic rings. The second-order valence-electron chi connectivity index (χ2n) is 6.59. The van der Waals surface area contributed by atoms with Crippen LogP contribution in [0.3, 0.4) is 0 Å². The Kier molecular flexibility index (Phi) is 4.32. The number of rotatable bonds is 4. The summed E-state index contributed by atoms with van der Waals surface area (Å²) in [5, 5.41) is 15.8. The summed E-state index contributed by atoms with van der Waals surface area (Å²) < 4.78 is 5.56. The molecule has 134 valence electrons. The Morgan fingerprint density at radius 3 is 2.85 bits per heavy atom. The highest BCUT2D eigenvalue weighted by molar-refractivity contribution is 6.31. The maximum Gasteiger partial charge on any atom is 0.296 e. The van der Waals surface area contributed by atoms with Crippen LogP contribution in [-0.2, 0) is 0 Å². The molecule has 0 radical (unpaired) electrons. The van der Waals surface area contributed by atoms with Gasteiger partial charge in [0.2, 0.25) is 0 Å². The van der Waals surface area contributed by atoms with Crippen molar-refractivity contribution in [1.82, 2.24) is 0 Å². The highest BCUT2D eigenvalue weighted by Crippen LogP contribution is 2.53. The molecular formula is C20H19ClN2O3. The number of nitrogens with zero attached hydrogens (tertiary/aromatic N) is 1. The molecule has 26 heavy (non-hydrogen) atoms. The largest absolute Gasteiger partial charge is 0.494 e. The van der Waals surface area contributed by atoms with Gasteiger partial charge in [0.15, 0.2) is 0 Å². The number of fused-ring (bicyclic) bond motifs is 3. The normalized spacial score (nSPS) is 23.1. The Labute approximate surface area is 156 Å². The minimum atomic E-state index is -0.350. The van der Waals surface area contributed by atoms with E-state index in [1.807, 2.05) is 37.3 Å². The molecule has 1 aliphatic heterocycles. The molecule has 3 atom stereocenters. The third kappa shape index (κ3) is 2.72. The third-order valence-electron chi connectivity index (χ3n) is 5.17. The summed E-state index contributed by atoms with van der Waals surface area (Å²) in [6.07, 6.45) is 5.20. The van der Waals surface area contributed by atoms with Crippen LogP contribution in [0.1, 0.15) is 36.4 Å². The average Bonchev–Trinajstić information content (AvgIpc) is 3.11. The molecule has 2 aromatic carbocycles. The van der Waals surface area contributed by atoms with Gasteiger partial charge in [0.25, 0.3) is 5.69 Å². The van der Waals surface area contributed by atoms with Crippen molar-refractivity contribution in [3.05, 3.63) is 74.8 Å². The van der Waals surface area contributed by atoms with Crippen molar-refractivity contribution >= 4 is 23.0 Å². The van der Waals surface area contributed by atoms with Gasteiger partial charge < -0.3 is 10.1 Å². The topological polar surface area (TPSA) is 64.4 Å². The molecule has 0 spiro atoms. The first-order chi connectivity index (χ1) is 12.6. The Bertz CT molecular complexity index is 897. The number of nitro groups is 1. The maximum absolute atomic E-state index is 11.7. The highest BCUT2D eigenvalue weighted by Gasteiger charge is 2.41. The van der Waals surface area contributed by atoms with Crippen molar-refractivity contribution in [2.45, 2.75) is 25.3 Å². The Balaban J connectivity index is 1.87. The second-order valence-corrected chi connectivity index (χ2v) is 7.00. The van der Waals surface area contributed by atoms with E-state index in [-0.39, 0.29) is 28.5 Å². The van der Waals surface area contributed by atoms with Crippen molar-refractivity contribution < 1.29 is 9.66 Å². The van der Waals surface area contributed by atoms with Crippen LogP contribution in [0.15, 0.2) is 48.6 Å². The summed E-state index contributed by atoms with van der Waals surface area (Å²) in [5.74, 6) is 0.903. The molecule has 1 aliphatic carbocycles. The van der Waals surface area contributed by atoms with Gasteiger partial charge in [-0.25, -0.2) is 0 Å². The van der Waals surface area contributed by atoms with Gasteiger partial charge in [-0.15, -0.1) is 0 Å². The number of anilines is 1. The molecule has 1 N–H and O–H groups in total. The third-order valence-corrected chi connectivity index (χ3v) is 5.51. The molecule has 4 rings (SSSR count). The predicted molar refractivity (Wildman–Crippen MR) is 102 cm³/mol. The predicted octanol–water partition coefficient (Wildman–Crippen LogP) is 5.47. The molecule has 3 unspecified atom stereocenters. The lowest BCUT2D eigenvalue weighted by Crippen LogP contribution is -2.29. The van der Waals surface area contributed by atoms with Gasteiger partial charge in [-0.05, 0) is 42.5 Å². The number of hydrogen-bond acceptors (Lipinski definition) is 4. The first kappa shape index (κ1) is 16.9. The molecule has 6 heteroatoms. The van der Waals surface area contributed by atoms with Crippen LogP contribution in [0.2, 0.25) is 5.02 Å². The molecule has 0 saturated heterocycles. The monoisotopic (exact) mass is 370 g/mol. The van der Waals surface area contributed by atoms with Crippen molar-refractivity contribution in [3.8, 4) is 5.75 Å². The number of allylic oxidation sites excluding steroid dienone is 2. The standard InChI is InChI=1S/C20H19ClN2O3/c1-2-26-12-10-16-13-7-5-8-14(13)19(15-6-3-4-9-17(15)21)22-20(16)18(11-12)23(24)25/h3-7,9-11,13-14,19,22H,2,8H2,1H3. The molecule has 0 aromatic heterocycles. The van der Waals surface area contributed by atoms with Gasteiger partial charge in [0.1, 0.15) is 11.4 Å². The van der Waals surface area contributed by atoms with E-state index < -0.39 is 0 Å². The lowest BCUT2D eigenvalue weighted by Gasteiger charge is -2.37.